The molecule has 1 N–H and O–H groups in total. The lowest BCUT2D eigenvalue weighted by molar-refractivity contribution is 0.163. The highest BCUT2D eigenvalue weighted by Crippen LogP contribution is 2.19. The molecule has 0 aromatic carbocycles. The van der Waals surface area contributed by atoms with Crippen molar-refractivity contribution in [3.63, 3.8) is 0 Å². The first kappa shape index (κ1) is 23.0. The van der Waals surface area contributed by atoms with Gasteiger partial charge < -0.3 is 15.1 Å². The number of hydrogen-bond donors (Lipinski definition) is 1. The zero-order valence-electron chi connectivity index (χ0n) is 16.8. The van der Waals surface area contributed by atoms with E-state index >= 15 is 0 Å². The van der Waals surface area contributed by atoms with Crippen molar-refractivity contribution in [1.29, 1.82) is 0 Å². The van der Waals surface area contributed by atoms with Gasteiger partial charge in [-0.1, -0.05) is 20.8 Å². The Morgan fingerprint density at radius 2 is 1.68 bits per heavy atom. The van der Waals surface area contributed by atoms with E-state index in [0.717, 1.165) is 50.5 Å². The number of likely N-dealkylation sites (tertiary alicyclic amines) is 1. The van der Waals surface area contributed by atoms with Gasteiger partial charge in [-0.3, -0.25) is 9.89 Å². The summed E-state index contributed by atoms with van der Waals surface area (Å²) in [6, 6.07) is 0. The summed E-state index contributed by atoms with van der Waals surface area (Å²) < 4.78 is 0. The minimum absolute atomic E-state index is 0. The Hall–Kier alpha value is -0.0800. The maximum Gasteiger partial charge on any atom is 0.193 e. The number of guanidine groups is 1. The van der Waals surface area contributed by atoms with Crippen molar-refractivity contribution >= 4 is 29.9 Å². The molecule has 0 aromatic rings. The molecule has 0 unspecified atom stereocenters. The Labute approximate surface area is 172 Å². The van der Waals surface area contributed by atoms with Crippen molar-refractivity contribution in [2.24, 2.45) is 16.8 Å². The summed E-state index contributed by atoms with van der Waals surface area (Å²) in [5.74, 6) is 2.75. The molecule has 148 valence electrons. The fourth-order valence-electron chi connectivity index (χ4n) is 3.97. The van der Waals surface area contributed by atoms with Crippen LogP contribution in [0.4, 0.5) is 0 Å². The second-order valence-electron chi connectivity index (χ2n) is 7.82. The minimum atomic E-state index is 0. The molecule has 2 fully saturated rings. The first-order valence-electron chi connectivity index (χ1n) is 10.0. The van der Waals surface area contributed by atoms with Crippen LogP contribution in [-0.4, -0.2) is 86.6 Å². The number of piperazine rings is 1. The lowest BCUT2D eigenvalue weighted by Gasteiger charge is -2.37. The van der Waals surface area contributed by atoms with E-state index in [9.17, 15) is 0 Å². The van der Waals surface area contributed by atoms with E-state index < -0.39 is 0 Å². The molecular weight excluding hydrogens is 425 g/mol. The van der Waals surface area contributed by atoms with Gasteiger partial charge in [-0.25, -0.2) is 0 Å². The smallest absolute Gasteiger partial charge is 0.193 e. The van der Waals surface area contributed by atoms with E-state index in [1.54, 1.807) is 0 Å². The SMILES string of the molecule is CCN1CCC(CCNC(=NC)N2CCN(CC(C)C)CC2)CC1.I. The van der Waals surface area contributed by atoms with Gasteiger partial charge >= 0.3 is 0 Å². The molecule has 0 saturated carbocycles. The van der Waals surface area contributed by atoms with E-state index in [0.29, 0.717) is 0 Å². The molecule has 0 radical (unpaired) electrons. The third-order valence-corrected chi connectivity index (χ3v) is 5.50. The number of hydrogen-bond acceptors (Lipinski definition) is 3. The number of nitrogens with one attached hydrogen (secondary N) is 1. The van der Waals surface area contributed by atoms with E-state index in [-0.39, 0.29) is 24.0 Å². The molecule has 25 heavy (non-hydrogen) atoms. The zero-order valence-corrected chi connectivity index (χ0v) is 19.2. The van der Waals surface area contributed by atoms with Gasteiger partial charge in [0.1, 0.15) is 0 Å². The molecule has 2 rings (SSSR count). The molecule has 2 heterocycles. The van der Waals surface area contributed by atoms with Gasteiger partial charge in [-0.2, -0.15) is 0 Å². The fourth-order valence-corrected chi connectivity index (χ4v) is 3.97. The van der Waals surface area contributed by atoms with Crippen LogP contribution in [0.15, 0.2) is 4.99 Å². The first-order valence-corrected chi connectivity index (χ1v) is 10.0. The number of halogens is 1. The molecule has 5 nitrogen and oxygen atoms in total. The van der Waals surface area contributed by atoms with Crippen LogP contribution in [0.3, 0.4) is 0 Å². The second kappa shape index (κ2) is 12.3. The topological polar surface area (TPSA) is 34.1 Å². The van der Waals surface area contributed by atoms with Gasteiger partial charge in [0.25, 0.3) is 0 Å². The van der Waals surface area contributed by atoms with Gasteiger partial charge in [0.2, 0.25) is 0 Å². The Kier molecular flexibility index (Phi) is 11.3. The molecule has 2 saturated heterocycles. The third-order valence-electron chi connectivity index (χ3n) is 5.50. The normalized spacial score (nSPS) is 21.5. The number of nitrogens with zero attached hydrogens (tertiary/aromatic N) is 4. The first-order chi connectivity index (χ1) is 11.6. The maximum atomic E-state index is 4.51. The molecule has 0 bridgehead atoms. The van der Waals surface area contributed by atoms with Crippen LogP contribution >= 0.6 is 24.0 Å². The fraction of sp³-hybridized carbons (Fsp3) is 0.947. The highest BCUT2D eigenvalue weighted by molar-refractivity contribution is 14.0. The van der Waals surface area contributed by atoms with Crippen molar-refractivity contribution in [1.82, 2.24) is 20.0 Å². The van der Waals surface area contributed by atoms with Crippen LogP contribution in [0.1, 0.15) is 40.0 Å². The highest BCUT2D eigenvalue weighted by atomic mass is 127. The van der Waals surface area contributed by atoms with Crippen molar-refractivity contribution in [3.05, 3.63) is 0 Å². The molecule has 2 aliphatic heterocycles. The van der Waals surface area contributed by atoms with Crippen LogP contribution in [0.2, 0.25) is 0 Å². The Bertz CT molecular complexity index is 372. The lowest BCUT2D eigenvalue weighted by Crippen LogP contribution is -2.53. The number of aliphatic imine (C=N–C) groups is 1. The highest BCUT2D eigenvalue weighted by Gasteiger charge is 2.21. The lowest BCUT2D eigenvalue weighted by atomic mass is 9.93. The Balaban J connectivity index is 0.00000312. The molecular formula is C19H40IN5. The van der Waals surface area contributed by atoms with Crippen LogP contribution in [0.5, 0.6) is 0 Å². The molecule has 0 aromatic heterocycles. The van der Waals surface area contributed by atoms with E-state index in [2.05, 4.69) is 45.8 Å². The number of rotatable bonds is 6. The van der Waals surface area contributed by atoms with E-state index in [4.69, 9.17) is 0 Å². The monoisotopic (exact) mass is 465 g/mol. The van der Waals surface area contributed by atoms with Crippen molar-refractivity contribution in [2.75, 3.05) is 66.0 Å². The van der Waals surface area contributed by atoms with Crippen molar-refractivity contribution < 1.29 is 0 Å². The summed E-state index contributed by atoms with van der Waals surface area (Å²) in [4.78, 5) is 12.1. The largest absolute Gasteiger partial charge is 0.356 e. The average Bonchev–Trinajstić information content (AvgIpc) is 2.60. The quantitative estimate of drug-likeness (QED) is 0.372. The summed E-state index contributed by atoms with van der Waals surface area (Å²) in [6.07, 6.45) is 4.01. The van der Waals surface area contributed by atoms with E-state index in [1.807, 2.05) is 7.05 Å². The van der Waals surface area contributed by atoms with Gasteiger partial charge in [0, 0.05) is 46.3 Å². The van der Waals surface area contributed by atoms with Gasteiger partial charge in [-0.15, -0.1) is 24.0 Å². The molecule has 0 atom stereocenters. The van der Waals surface area contributed by atoms with Gasteiger partial charge in [0.15, 0.2) is 5.96 Å². The predicted molar refractivity (Wildman–Crippen MR) is 119 cm³/mol. The second-order valence-corrected chi connectivity index (χ2v) is 7.82. The Morgan fingerprint density at radius 1 is 1.04 bits per heavy atom. The molecule has 6 heteroatoms. The van der Waals surface area contributed by atoms with Crippen LogP contribution in [0, 0.1) is 11.8 Å². The van der Waals surface area contributed by atoms with Crippen LogP contribution < -0.4 is 5.32 Å². The third kappa shape index (κ3) is 7.99. The summed E-state index contributed by atoms with van der Waals surface area (Å²) in [7, 11) is 1.92. The molecule has 0 aliphatic carbocycles. The Morgan fingerprint density at radius 3 is 2.20 bits per heavy atom. The maximum absolute atomic E-state index is 4.51. The number of piperidine rings is 1. The van der Waals surface area contributed by atoms with Crippen molar-refractivity contribution in [3.8, 4) is 0 Å². The molecule has 0 amide bonds. The van der Waals surface area contributed by atoms with Gasteiger partial charge in [0.05, 0.1) is 0 Å². The standard InChI is InChI=1S/C19H39N5.HI/c1-5-22-10-7-18(8-11-22)6-9-21-19(20-4)24-14-12-23(13-15-24)16-17(2)3;/h17-18H,5-16H2,1-4H3,(H,20,21);1H. The molecule has 2 aliphatic rings. The zero-order chi connectivity index (χ0) is 17.4. The van der Waals surface area contributed by atoms with Crippen molar-refractivity contribution in [2.45, 2.75) is 40.0 Å². The van der Waals surface area contributed by atoms with Gasteiger partial charge in [-0.05, 0) is 50.7 Å². The van der Waals surface area contributed by atoms with Crippen LogP contribution in [0.25, 0.3) is 0 Å². The minimum Gasteiger partial charge on any atom is -0.356 e. The summed E-state index contributed by atoms with van der Waals surface area (Å²) in [6.45, 7) is 17.5. The summed E-state index contributed by atoms with van der Waals surface area (Å²) in [5.41, 5.74) is 0. The van der Waals surface area contributed by atoms with Crippen LogP contribution in [-0.2, 0) is 0 Å². The molecule has 0 spiro atoms. The summed E-state index contributed by atoms with van der Waals surface area (Å²) in [5, 5.41) is 3.61. The summed E-state index contributed by atoms with van der Waals surface area (Å²) >= 11 is 0. The predicted octanol–water partition coefficient (Wildman–Crippen LogP) is 2.58. The average molecular weight is 465 g/mol. The van der Waals surface area contributed by atoms with E-state index in [1.165, 1.54) is 45.4 Å².